The number of carbonyl (C=O) groups excluding carboxylic acids is 1. The number of amides is 1. The Morgan fingerprint density at radius 2 is 2.20 bits per heavy atom. The minimum absolute atomic E-state index is 0.0735. The first-order valence-electron chi connectivity index (χ1n) is 6.24. The molecule has 0 fully saturated rings. The Labute approximate surface area is 116 Å². The normalized spacial score (nSPS) is 14.2. The van der Waals surface area contributed by atoms with Gasteiger partial charge in [0.2, 0.25) is 0 Å². The van der Waals surface area contributed by atoms with Crippen LogP contribution in [0.3, 0.4) is 0 Å². The number of rotatable bonds is 2. The summed E-state index contributed by atoms with van der Waals surface area (Å²) in [6.07, 6.45) is 0. The molecule has 0 atom stereocenters. The topological polar surface area (TPSA) is 86.3 Å². The van der Waals surface area contributed by atoms with E-state index in [1.54, 1.807) is 16.6 Å². The van der Waals surface area contributed by atoms with Gasteiger partial charge in [-0.25, -0.2) is 9.67 Å². The first-order chi connectivity index (χ1) is 9.60. The highest BCUT2D eigenvalue weighted by molar-refractivity contribution is 5.98. The van der Waals surface area contributed by atoms with Crippen molar-refractivity contribution in [1.82, 2.24) is 14.8 Å². The summed E-state index contributed by atoms with van der Waals surface area (Å²) in [5.41, 5.74) is 7.15. The summed E-state index contributed by atoms with van der Waals surface area (Å²) < 4.78 is 7.08. The highest BCUT2D eigenvalue weighted by atomic mass is 16.5. The number of fused-ring (bicyclic) bond motifs is 1. The van der Waals surface area contributed by atoms with E-state index in [1.165, 1.54) is 0 Å². The fourth-order valence-corrected chi connectivity index (χ4v) is 2.19. The predicted molar refractivity (Wildman–Crippen MR) is 73.2 cm³/mol. The number of aryl methyl sites for hydroxylation is 1. The van der Waals surface area contributed by atoms with E-state index in [9.17, 15) is 4.79 Å². The predicted octanol–water partition coefficient (Wildman–Crippen LogP) is 0.296. The first-order valence-corrected chi connectivity index (χ1v) is 6.24. The van der Waals surface area contributed by atoms with Gasteiger partial charge in [0.15, 0.2) is 18.3 Å². The fraction of sp³-hybridized carbons (Fsp3) is 0.308. The van der Waals surface area contributed by atoms with Gasteiger partial charge in [0.1, 0.15) is 5.75 Å². The molecule has 2 N–H and O–H groups in total. The van der Waals surface area contributed by atoms with Crippen molar-refractivity contribution < 1.29 is 9.53 Å². The number of ether oxygens (including phenoxy) is 1. The van der Waals surface area contributed by atoms with E-state index in [4.69, 9.17) is 10.5 Å². The first kappa shape index (κ1) is 12.6. The van der Waals surface area contributed by atoms with Crippen molar-refractivity contribution in [3.8, 4) is 17.1 Å². The number of hydrogen-bond donors (Lipinski definition) is 1. The van der Waals surface area contributed by atoms with Gasteiger partial charge in [-0.2, -0.15) is 5.10 Å². The maximum atomic E-state index is 11.7. The van der Waals surface area contributed by atoms with Gasteiger partial charge in [-0.3, -0.25) is 4.79 Å². The third kappa shape index (κ3) is 1.92. The zero-order chi connectivity index (χ0) is 14.3. The van der Waals surface area contributed by atoms with Crippen molar-refractivity contribution in [2.45, 2.75) is 6.54 Å². The minimum Gasteiger partial charge on any atom is -0.482 e. The van der Waals surface area contributed by atoms with Crippen LogP contribution in [0.2, 0.25) is 0 Å². The van der Waals surface area contributed by atoms with E-state index in [1.807, 2.05) is 25.2 Å². The molecule has 2 aromatic rings. The average molecular weight is 273 g/mol. The van der Waals surface area contributed by atoms with Crippen LogP contribution in [0.1, 0.15) is 5.82 Å². The lowest BCUT2D eigenvalue weighted by atomic mass is 10.1. The van der Waals surface area contributed by atoms with E-state index in [0.717, 1.165) is 11.3 Å². The van der Waals surface area contributed by atoms with Crippen LogP contribution < -0.4 is 15.4 Å². The zero-order valence-electron chi connectivity index (χ0n) is 11.3. The Morgan fingerprint density at radius 3 is 2.90 bits per heavy atom. The summed E-state index contributed by atoms with van der Waals surface area (Å²) in [5, 5.41) is 4.22. The molecule has 0 saturated carbocycles. The van der Waals surface area contributed by atoms with Crippen molar-refractivity contribution in [2.75, 3.05) is 18.6 Å². The van der Waals surface area contributed by atoms with Crippen molar-refractivity contribution in [2.24, 2.45) is 12.8 Å². The summed E-state index contributed by atoms with van der Waals surface area (Å²) >= 11 is 0. The number of anilines is 1. The molecular weight excluding hydrogens is 258 g/mol. The molecule has 0 aliphatic carbocycles. The summed E-state index contributed by atoms with van der Waals surface area (Å²) in [6, 6.07) is 5.61. The molecule has 104 valence electrons. The number of nitrogens with two attached hydrogens (primary N) is 1. The average Bonchev–Trinajstić information content (AvgIpc) is 2.84. The smallest absolute Gasteiger partial charge is 0.264 e. The van der Waals surface area contributed by atoms with Crippen LogP contribution in [-0.4, -0.2) is 34.3 Å². The highest BCUT2D eigenvalue weighted by Gasteiger charge is 2.23. The molecule has 1 aliphatic heterocycles. The van der Waals surface area contributed by atoms with Crippen LogP contribution in [0, 0.1) is 0 Å². The van der Waals surface area contributed by atoms with Crippen LogP contribution in [0.4, 0.5) is 5.69 Å². The molecule has 0 saturated heterocycles. The molecule has 1 aliphatic rings. The number of benzene rings is 1. The molecule has 3 rings (SSSR count). The molecule has 1 aromatic carbocycles. The Hall–Kier alpha value is -2.41. The van der Waals surface area contributed by atoms with Crippen molar-refractivity contribution in [3.63, 3.8) is 0 Å². The summed E-state index contributed by atoms with van der Waals surface area (Å²) in [6.45, 7) is 0.365. The van der Waals surface area contributed by atoms with Crippen molar-refractivity contribution in [1.29, 1.82) is 0 Å². The summed E-state index contributed by atoms with van der Waals surface area (Å²) in [7, 11) is 3.54. The third-order valence-electron chi connectivity index (χ3n) is 3.29. The van der Waals surface area contributed by atoms with Gasteiger partial charge in [0, 0.05) is 19.7 Å². The molecule has 7 nitrogen and oxygen atoms in total. The lowest BCUT2D eigenvalue weighted by molar-refractivity contribution is -0.120. The second kappa shape index (κ2) is 4.61. The lowest BCUT2D eigenvalue weighted by Gasteiger charge is -2.26. The fourth-order valence-electron chi connectivity index (χ4n) is 2.19. The van der Waals surface area contributed by atoms with E-state index < -0.39 is 0 Å². The zero-order valence-corrected chi connectivity index (χ0v) is 11.3. The molecule has 7 heteroatoms. The Kier molecular flexibility index (Phi) is 2.90. The van der Waals surface area contributed by atoms with Gasteiger partial charge in [0.05, 0.1) is 12.2 Å². The van der Waals surface area contributed by atoms with Crippen molar-refractivity contribution >= 4 is 11.6 Å². The number of carbonyl (C=O) groups is 1. The van der Waals surface area contributed by atoms with Crippen LogP contribution >= 0.6 is 0 Å². The van der Waals surface area contributed by atoms with E-state index >= 15 is 0 Å². The maximum absolute atomic E-state index is 11.7. The quantitative estimate of drug-likeness (QED) is 0.850. The summed E-state index contributed by atoms with van der Waals surface area (Å²) in [4.78, 5) is 17.6. The maximum Gasteiger partial charge on any atom is 0.264 e. The molecule has 0 unspecified atom stereocenters. The standard InChI is InChI=1S/C13H15N5O2/c1-17-9-5-8(3-4-10(9)20-7-12(17)19)13-15-11(6-14)16-18(13)2/h3-5H,6-7,14H2,1-2H3. The van der Waals surface area contributed by atoms with E-state index in [0.29, 0.717) is 23.9 Å². The van der Waals surface area contributed by atoms with Gasteiger partial charge < -0.3 is 15.4 Å². The monoisotopic (exact) mass is 273 g/mol. The molecule has 0 spiro atoms. The molecule has 0 bridgehead atoms. The van der Waals surface area contributed by atoms with Gasteiger partial charge >= 0.3 is 0 Å². The van der Waals surface area contributed by atoms with Crippen LogP contribution in [0.5, 0.6) is 5.75 Å². The molecule has 0 radical (unpaired) electrons. The highest BCUT2D eigenvalue weighted by Crippen LogP contribution is 2.34. The number of likely N-dealkylation sites (N-methyl/N-ethyl adjacent to an activating group) is 1. The van der Waals surface area contributed by atoms with Crippen LogP contribution in [0.15, 0.2) is 18.2 Å². The largest absolute Gasteiger partial charge is 0.482 e. The number of hydrogen-bond acceptors (Lipinski definition) is 5. The number of aromatic nitrogens is 3. The van der Waals surface area contributed by atoms with Gasteiger partial charge in [0.25, 0.3) is 5.91 Å². The third-order valence-corrected chi connectivity index (χ3v) is 3.29. The summed E-state index contributed by atoms with van der Waals surface area (Å²) in [5.74, 6) is 1.91. The van der Waals surface area contributed by atoms with Gasteiger partial charge in [-0.05, 0) is 18.2 Å². The lowest BCUT2D eigenvalue weighted by Crippen LogP contribution is -2.35. The van der Waals surface area contributed by atoms with Crippen molar-refractivity contribution in [3.05, 3.63) is 24.0 Å². The number of nitrogens with zero attached hydrogens (tertiary/aromatic N) is 4. The van der Waals surface area contributed by atoms with E-state index in [2.05, 4.69) is 10.1 Å². The van der Waals surface area contributed by atoms with E-state index in [-0.39, 0.29) is 12.5 Å². The SMILES string of the molecule is CN1C(=O)COc2ccc(-c3nc(CN)nn3C)cc21. The minimum atomic E-state index is -0.0738. The molecular formula is C13H15N5O2. The van der Waals surface area contributed by atoms with Gasteiger partial charge in [-0.15, -0.1) is 0 Å². The Morgan fingerprint density at radius 1 is 1.40 bits per heavy atom. The van der Waals surface area contributed by atoms with Crippen LogP contribution in [-0.2, 0) is 18.4 Å². The second-order valence-electron chi connectivity index (χ2n) is 4.60. The Bertz CT molecular complexity index is 679. The molecule has 20 heavy (non-hydrogen) atoms. The van der Waals surface area contributed by atoms with Crippen LogP contribution in [0.25, 0.3) is 11.4 Å². The van der Waals surface area contributed by atoms with Gasteiger partial charge in [-0.1, -0.05) is 0 Å². The second-order valence-corrected chi connectivity index (χ2v) is 4.60. The molecule has 1 amide bonds. The molecule has 2 heterocycles. The Balaban J connectivity index is 2.07. The molecule has 1 aromatic heterocycles.